The fourth-order valence-corrected chi connectivity index (χ4v) is 2.24. The second-order valence-electron chi connectivity index (χ2n) is 5.31. The molecule has 17 heavy (non-hydrogen) atoms. The molecule has 0 aliphatic heterocycles. The van der Waals surface area contributed by atoms with Crippen molar-refractivity contribution in [2.24, 2.45) is 11.5 Å². The summed E-state index contributed by atoms with van der Waals surface area (Å²) >= 11 is 0. The first-order chi connectivity index (χ1) is 8.31. The third kappa shape index (κ3) is 13.9. The van der Waals surface area contributed by atoms with E-state index in [-0.39, 0.29) is 0 Å². The number of rotatable bonds is 13. The molecule has 0 saturated heterocycles. The zero-order chi connectivity index (χ0) is 12.8. The SMILES string of the molecule is CCCCCCCCCC(N)CCCCCN. The van der Waals surface area contributed by atoms with Crippen molar-refractivity contribution in [2.45, 2.75) is 90.0 Å². The first-order valence-corrected chi connectivity index (χ1v) is 7.77. The molecule has 0 aromatic carbocycles. The van der Waals surface area contributed by atoms with Crippen LogP contribution in [0.15, 0.2) is 0 Å². The van der Waals surface area contributed by atoms with Gasteiger partial charge in [-0.2, -0.15) is 0 Å². The summed E-state index contributed by atoms with van der Waals surface area (Å²) in [6.07, 6.45) is 15.8. The molecule has 2 nitrogen and oxygen atoms in total. The lowest BCUT2D eigenvalue weighted by atomic mass is 10.0. The summed E-state index contributed by atoms with van der Waals surface area (Å²) in [5.41, 5.74) is 11.5. The molecule has 0 fully saturated rings. The second-order valence-corrected chi connectivity index (χ2v) is 5.31. The Balaban J connectivity index is 3.08. The average Bonchev–Trinajstić information content (AvgIpc) is 2.33. The Hall–Kier alpha value is -0.0800. The lowest BCUT2D eigenvalue weighted by Gasteiger charge is -2.10. The van der Waals surface area contributed by atoms with Crippen LogP contribution in [0.5, 0.6) is 0 Å². The van der Waals surface area contributed by atoms with Crippen LogP contribution in [0.4, 0.5) is 0 Å². The van der Waals surface area contributed by atoms with Gasteiger partial charge >= 0.3 is 0 Å². The monoisotopic (exact) mass is 242 g/mol. The smallest absolute Gasteiger partial charge is 0.00388 e. The van der Waals surface area contributed by atoms with Crippen molar-refractivity contribution in [3.63, 3.8) is 0 Å². The molecule has 0 bridgehead atoms. The van der Waals surface area contributed by atoms with Crippen LogP contribution in [0, 0.1) is 0 Å². The van der Waals surface area contributed by atoms with Crippen molar-refractivity contribution in [3.8, 4) is 0 Å². The summed E-state index contributed by atoms with van der Waals surface area (Å²) in [5.74, 6) is 0. The largest absolute Gasteiger partial charge is 0.330 e. The molecule has 0 radical (unpaired) electrons. The molecule has 0 amide bonds. The Morgan fingerprint density at radius 1 is 0.706 bits per heavy atom. The molecule has 104 valence electrons. The van der Waals surface area contributed by atoms with Crippen LogP contribution in [0.2, 0.25) is 0 Å². The van der Waals surface area contributed by atoms with Gasteiger partial charge in [0.1, 0.15) is 0 Å². The van der Waals surface area contributed by atoms with Crippen molar-refractivity contribution in [1.82, 2.24) is 0 Å². The Kier molecular flexibility index (Phi) is 13.9. The number of unbranched alkanes of at least 4 members (excludes halogenated alkanes) is 8. The minimum Gasteiger partial charge on any atom is -0.330 e. The van der Waals surface area contributed by atoms with E-state index >= 15 is 0 Å². The third-order valence-corrected chi connectivity index (χ3v) is 3.46. The maximum Gasteiger partial charge on any atom is 0.00388 e. The maximum atomic E-state index is 6.09. The summed E-state index contributed by atoms with van der Waals surface area (Å²) in [6.45, 7) is 3.09. The van der Waals surface area contributed by atoms with E-state index in [2.05, 4.69) is 6.92 Å². The molecule has 2 heteroatoms. The molecule has 0 rings (SSSR count). The van der Waals surface area contributed by atoms with E-state index in [9.17, 15) is 0 Å². The molecule has 0 heterocycles. The highest BCUT2D eigenvalue weighted by Crippen LogP contribution is 2.11. The number of hydrogen-bond donors (Lipinski definition) is 2. The highest BCUT2D eigenvalue weighted by atomic mass is 14.6. The predicted octanol–water partition coefficient (Wildman–Crippen LogP) is 3.97. The number of nitrogens with two attached hydrogens (primary N) is 2. The van der Waals surface area contributed by atoms with Crippen LogP contribution in [0.1, 0.15) is 84.0 Å². The van der Waals surface area contributed by atoms with Gasteiger partial charge in [0.2, 0.25) is 0 Å². The Bertz CT molecular complexity index is 137. The Morgan fingerprint density at radius 2 is 1.18 bits per heavy atom. The highest BCUT2D eigenvalue weighted by Gasteiger charge is 2.01. The van der Waals surface area contributed by atoms with Gasteiger partial charge in [0, 0.05) is 6.04 Å². The topological polar surface area (TPSA) is 52.0 Å². The number of hydrogen-bond acceptors (Lipinski definition) is 2. The predicted molar refractivity (Wildman–Crippen MR) is 78.1 cm³/mol. The van der Waals surface area contributed by atoms with Gasteiger partial charge in [-0.25, -0.2) is 0 Å². The molecule has 1 atom stereocenters. The summed E-state index contributed by atoms with van der Waals surface area (Å²) in [7, 11) is 0. The van der Waals surface area contributed by atoms with Crippen LogP contribution in [-0.4, -0.2) is 12.6 Å². The zero-order valence-electron chi connectivity index (χ0n) is 11.9. The van der Waals surface area contributed by atoms with Crippen LogP contribution < -0.4 is 11.5 Å². The van der Waals surface area contributed by atoms with E-state index in [0.29, 0.717) is 6.04 Å². The van der Waals surface area contributed by atoms with Crippen molar-refractivity contribution in [2.75, 3.05) is 6.54 Å². The van der Waals surface area contributed by atoms with Crippen LogP contribution in [-0.2, 0) is 0 Å². The summed E-state index contributed by atoms with van der Waals surface area (Å²) in [6, 6.07) is 0.434. The molecule has 1 unspecified atom stereocenters. The lowest BCUT2D eigenvalue weighted by molar-refractivity contribution is 0.488. The van der Waals surface area contributed by atoms with Gasteiger partial charge in [-0.1, -0.05) is 64.7 Å². The van der Waals surface area contributed by atoms with E-state index < -0.39 is 0 Å². The summed E-state index contributed by atoms with van der Waals surface area (Å²) in [4.78, 5) is 0. The zero-order valence-corrected chi connectivity index (χ0v) is 11.9. The van der Waals surface area contributed by atoms with Gasteiger partial charge in [-0.05, 0) is 25.8 Å². The summed E-state index contributed by atoms with van der Waals surface area (Å²) < 4.78 is 0. The normalized spacial score (nSPS) is 12.9. The fourth-order valence-electron chi connectivity index (χ4n) is 2.24. The van der Waals surface area contributed by atoms with Gasteiger partial charge in [0.25, 0.3) is 0 Å². The highest BCUT2D eigenvalue weighted by molar-refractivity contribution is 4.61. The first-order valence-electron chi connectivity index (χ1n) is 7.77. The third-order valence-electron chi connectivity index (χ3n) is 3.46. The van der Waals surface area contributed by atoms with E-state index in [1.165, 1.54) is 70.6 Å². The second kappa shape index (κ2) is 14.0. The molecule has 0 aliphatic rings. The molecule has 0 spiro atoms. The van der Waals surface area contributed by atoms with Gasteiger partial charge in [-0.15, -0.1) is 0 Å². The van der Waals surface area contributed by atoms with Crippen LogP contribution in [0.3, 0.4) is 0 Å². The van der Waals surface area contributed by atoms with Crippen molar-refractivity contribution >= 4 is 0 Å². The lowest BCUT2D eigenvalue weighted by Crippen LogP contribution is -2.19. The Morgan fingerprint density at radius 3 is 1.71 bits per heavy atom. The van der Waals surface area contributed by atoms with Crippen LogP contribution >= 0.6 is 0 Å². The molecular formula is C15H34N2. The van der Waals surface area contributed by atoms with E-state index in [1.54, 1.807) is 0 Å². The van der Waals surface area contributed by atoms with Gasteiger partial charge in [0.15, 0.2) is 0 Å². The fraction of sp³-hybridized carbons (Fsp3) is 1.00. The van der Waals surface area contributed by atoms with Crippen LogP contribution in [0.25, 0.3) is 0 Å². The van der Waals surface area contributed by atoms with E-state index in [1.807, 2.05) is 0 Å². The molecule has 0 aliphatic carbocycles. The van der Waals surface area contributed by atoms with Crippen molar-refractivity contribution in [1.29, 1.82) is 0 Å². The van der Waals surface area contributed by atoms with Crippen molar-refractivity contribution in [3.05, 3.63) is 0 Å². The average molecular weight is 242 g/mol. The quantitative estimate of drug-likeness (QED) is 0.480. The molecule has 0 aromatic heterocycles. The van der Waals surface area contributed by atoms with E-state index in [0.717, 1.165) is 13.0 Å². The van der Waals surface area contributed by atoms with Gasteiger partial charge in [0.05, 0.1) is 0 Å². The minimum atomic E-state index is 0.434. The Labute approximate surface area is 109 Å². The molecular weight excluding hydrogens is 208 g/mol. The maximum absolute atomic E-state index is 6.09. The van der Waals surface area contributed by atoms with E-state index in [4.69, 9.17) is 11.5 Å². The molecule has 4 N–H and O–H groups in total. The summed E-state index contributed by atoms with van der Waals surface area (Å²) in [5, 5.41) is 0. The molecule has 0 aromatic rings. The van der Waals surface area contributed by atoms with Crippen molar-refractivity contribution < 1.29 is 0 Å². The minimum absolute atomic E-state index is 0.434. The molecule has 0 saturated carbocycles. The standard InChI is InChI=1S/C15H34N2/c1-2-3-4-5-6-7-9-12-15(17)13-10-8-11-14-16/h15H,2-14,16-17H2,1H3. The first kappa shape index (κ1) is 16.9. The van der Waals surface area contributed by atoms with Gasteiger partial charge < -0.3 is 11.5 Å². The van der Waals surface area contributed by atoms with Gasteiger partial charge in [-0.3, -0.25) is 0 Å².